The minimum Gasteiger partial charge on any atom is -0.356 e. The highest BCUT2D eigenvalue weighted by Gasteiger charge is 2.21. The van der Waals surface area contributed by atoms with E-state index in [4.69, 9.17) is 5.73 Å². The molecule has 0 radical (unpaired) electrons. The number of carbonyl (C=O) groups is 1. The molecule has 3 unspecified atom stereocenters. The van der Waals surface area contributed by atoms with E-state index in [2.05, 4.69) is 18.5 Å². The molecule has 0 aliphatic rings. The number of hydrogen-bond donors (Lipinski definition) is 2. The molecule has 1 rings (SSSR count). The third-order valence-electron chi connectivity index (χ3n) is 3.39. The average molecular weight is 280 g/mol. The van der Waals surface area contributed by atoms with Gasteiger partial charge in [0.1, 0.15) is 0 Å². The summed E-state index contributed by atoms with van der Waals surface area (Å²) in [6.45, 7) is 4.76. The van der Waals surface area contributed by atoms with Gasteiger partial charge in [-0.05, 0) is 18.2 Å². The first-order valence-corrected chi connectivity index (χ1v) is 7.96. The summed E-state index contributed by atoms with van der Waals surface area (Å²) in [6.07, 6.45) is 3.07. The van der Waals surface area contributed by atoms with Gasteiger partial charge in [-0.2, -0.15) is 11.8 Å². The van der Waals surface area contributed by atoms with Crippen molar-refractivity contribution in [3.63, 3.8) is 0 Å². The Labute approximate surface area is 120 Å². The molecule has 0 heterocycles. The lowest BCUT2D eigenvalue weighted by atomic mass is 9.94. The summed E-state index contributed by atoms with van der Waals surface area (Å²) in [6, 6.07) is 9.51. The van der Waals surface area contributed by atoms with Crippen LogP contribution in [0.25, 0.3) is 0 Å². The zero-order chi connectivity index (χ0) is 14.3. The second-order valence-electron chi connectivity index (χ2n) is 4.85. The molecule has 3 N–H and O–H groups in total. The van der Waals surface area contributed by atoms with Gasteiger partial charge in [-0.3, -0.25) is 4.79 Å². The van der Waals surface area contributed by atoms with Crippen LogP contribution in [-0.4, -0.2) is 24.0 Å². The fourth-order valence-corrected chi connectivity index (χ4v) is 2.16. The van der Waals surface area contributed by atoms with Crippen molar-refractivity contribution in [2.45, 2.75) is 31.6 Å². The molecule has 3 nitrogen and oxygen atoms in total. The molecular formula is C15H24N2OS. The van der Waals surface area contributed by atoms with Crippen molar-refractivity contribution in [2.24, 2.45) is 11.7 Å². The van der Waals surface area contributed by atoms with Crippen LogP contribution in [0.1, 0.15) is 31.9 Å². The second kappa shape index (κ2) is 8.23. The van der Waals surface area contributed by atoms with Gasteiger partial charge < -0.3 is 11.1 Å². The van der Waals surface area contributed by atoms with Gasteiger partial charge in [-0.15, -0.1) is 0 Å². The Morgan fingerprint density at radius 3 is 2.53 bits per heavy atom. The molecule has 1 aromatic rings. The maximum Gasteiger partial charge on any atom is 0.224 e. The van der Waals surface area contributed by atoms with Crippen molar-refractivity contribution in [2.75, 3.05) is 12.8 Å². The first-order chi connectivity index (χ1) is 9.06. The molecule has 3 atom stereocenters. The number of nitrogens with one attached hydrogen (secondary N) is 1. The molecule has 19 heavy (non-hydrogen) atoms. The van der Waals surface area contributed by atoms with E-state index in [1.807, 2.05) is 49.0 Å². The number of rotatable bonds is 7. The van der Waals surface area contributed by atoms with Crippen LogP contribution >= 0.6 is 11.8 Å². The number of hydrogen-bond acceptors (Lipinski definition) is 3. The summed E-state index contributed by atoms with van der Waals surface area (Å²) >= 11 is 1.81. The van der Waals surface area contributed by atoms with E-state index in [1.165, 1.54) is 0 Å². The molecule has 106 valence electrons. The average Bonchev–Trinajstić information content (AvgIpc) is 2.46. The lowest BCUT2D eigenvalue weighted by molar-refractivity contribution is -0.125. The van der Waals surface area contributed by atoms with Crippen LogP contribution in [0.15, 0.2) is 30.3 Å². The van der Waals surface area contributed by atoms with Crippen molar-refractivity contribution >= 4 is 17.7 Å². The minimum absolute atomic E-state index is 0.0321. The summed E-state index contributed by atoms with van der Waals surface area (Å²) in [5, 5.41) is 3.53. The first-order valence-electron chi connectivity index (χ1n) is 6.67. The molecule has 0 bridgehead atoms. The third kappa shape index (κ3) is 5.25. The lowest BCUT2D eigenvalue weighted by Crippen LogP contribution is -2.36. The monoisotopic (exact) mass is 280 g/mol. The third-order valence-corrected chi connectivity index (χ3v) is 4.43. The van der Waals surface area contributed by atoms with Gasteiger partial charge in [-0.1, -0.05) is 44.2 Å². The minimum atomic E-state index is -0.251. The van der Waals surface area contributed by atoms with Crippen LogP contribution < -0.4 is 11.1 Å². The van der Waals surface area contributed by atoms with E-state index in [0.717, 1.165) is 12.0 Å². The van der Waals surface area contributed by atoms with E-state index in [9.17, 15) is 4.79 Å². The highest BCUT2D eigenvalue weighted by molar-refractivity contribution is 7.99. The first kappa shape index (κ1) is 16.1. The molecule has 0 saturated heterocycles. The summed E-state index contributed by atoms with van der Waals surface area (Å²) in [4.78, 5) is 12.0. The molecule has 0 aromatic heterocycles. The van der Waals surface area contributed by atoms with Crippen LogP contribution in [0, 0.1) is 5.92 Å². The molecule has 0 spiro atoms. The van der Waals surface area contributed by atoms with E-state index in [-0.39, 0.29) is 17.9 Å². The van der Waals surface area contributed by atoms with Crippen LogP contribution in [0.3, 0.4) is 0 Å². The van der Waals surface area contributed by atoms with Crippen molar-refractivity contribution in [3.05, 3.63) is 35.9 Å². The Bertz CT molecular complexity index is 383. The summed E-state index contributed by atoms with van der Waals surface area (Å²) in [5.41, 5.74) is 7.13. The van der Waals surface area contributed by atoms with E-state index in [1.54, 1.807) is 0 Å². The normalized spacial score (nSPS) is 15.6. The standard InChI is InChI=1S/C15H24N2OS/c1-11(19-3)9-10-17-15(18)12(2)14(16)13-7-5-4-6-8-13/h4-8,11-12,14H,9-10,16H2,1-3H3,(H,17,18). The predicted molar refractivity (Wildman–Crippen MR) is 83.1 cm³/mol. The lowest BCUT2D eigenvalue weighted by Gasteiger charge is -2.20. The van der Waals surface area contributed by atoms with Gasteiger partial charge in [0.2, 0.25) is 5.91 Å². The van der Waals surface area contributed by atoms with E-state index in [0.29, 0.717) is 11.8 Å². The summed E-state index contributed by atoms with van der Waals surface area (Å²) in [5.74, 6) is -0.184. The zero-order valence-corrected chi connectivity index (χ0v) is 12.7. The Morgan fingerprint density at radius 1 is 1.32 bits per heavy atom. The highest BCUT2D eigenvalue weighted by atomic mass is 32.2. The zero-order valence-electron chi connectivity index (χ0n) is 11.9. The van der Waals surface area contributed by atoms with Gasteiger partial charge in [0, 0.05) is 17.8 Å². The van der Waals surface area contributed by atoms with Gasteiger partial charge in [0.05, 0.1) is 5.92 Å². The highest BCUT2D eigenvalue weighted by Crippen LogP contribution is 2.19. The Kier molecular flexibility index (Phi) is 6.95. The molecule has 0 fully saturated rings. The van der Waals surface area contributed by atoms with Crippen molar-refractivity contribution in [3.8, 4) is 0 Å². The molecule has 0 aliphatic heterocycles. The van der Waals surface area contributed by atoms with Crippen LogP contribution in [-0.2, 0) is 4.79 Å². The van der Waals surface area contributed by atoms with Crippen LogP contribution in [0.4, 0.5) is 0 Å². The molecule has 1 amide bonds. The molecular weight excluding hydrogens is 256 g/mol. The number of amides is 1. The fraction of sp³-hybridized carbons (Fsp3) is 0.533. The number of carbonyl (C=O) groups excluding carboxylic acids is 1. The van der Waals surface area contributed by atoms with Crippen LogP contribution in [0.2, 0.25) is 0 Å². The fourth-order valence-electron chi connectivity index (χ4n) is 1.80. The van der Waals surface area contributed by atoms with Crippen molar-refractivity contribution < 1.29 is 4.79 Å². The smallest absolute Gasteiger partial charge is 0.224 e. The number of benzene rings is 1. The SMILES string of the molecule is CSC(C)CCNC(=O)C(C)C(N)c1ccccc1. The Hall–Kier alpha value is -1.00. The molecule has 4 heteroatoms. The predicted octanol–water partition coefficient (Wildman–Crippen LogP) is 2.58. The number of thioether (sulfide) groups is 1. The summed E-state index contributed by atoms with van der Waals surface area (Å²) in [7, 11) is 0. The quantitative estimate of drug-likeness (QED) is 0.807. The van der Waals surface area contributed by atoms with E-state index < -0.39 is 0 Å². The largest absolute Gasteiger partial charge is 0.356 e. The molecule has 1 aromatic carbocycles. The van der Waals surface area contributed by atoms with Gasteiger partial charge in [0.15, 0.2) is 0 Å². The topological polar surface area (TPSA) is 55.1 Å². The maximum atomic E-state index is 12.0. The van der Waals surface area contributed by atoms with Gasteiger partial charge in [0.25, 0.3) is 0 Å². The van der Waals surface area contributed by atoms with Gasteiger partial charge >= 0.3 is 0 Å². The van der Waals surface area contributed by atoms with Crippen LogP contribution in [0.5, 0.6) is 0 Å². The molecule has 0 saturated carbocycles. The molecule has 0 aliphatic carbocycles. The van der Waals surface area contributed by atoms with Crippen molar-refractivity contribution in [1.82, 2.24) is 5.32 Å². The summed E-state index contributed by atoms with van der Waals surface area (Å²) < 4.78 is 0. The van der Waals surface area contributed by atoms with Crippen molar-refractivity contribution in [1.29, 1.82) is 0 Å². The second-order valence-corrected chi connectivity index (χ2v) is 6.13. The maximum absolute atomic E-state index is 12.0. The number of nitrogens with two attached hydrogens (primary N) is 1. The Balaban J connectivity index is 2.44. The Morgan fingerprint density at radius 2 is 1.95 bits per heavy atom. The van der Waals surface area contributed by atoms with E-state index >= 15 is 0 Å². The van der Waals surface area contributed by atoms with Gasteiger partial charge in [-0.25, -0.2) is 0 Å².